The van der Waals surface area contributed by atoms with Crippen LogP contribution in [0.1, 0.15) is 66.5 Å². The molecule has 1 amide bonds. The van der Waals surface area contributed by atoms with Crippen LogP contribution >= 0.6 is 11.3 Å². The van der Waals surface area contributed by atoms with Gasteiger partial charge >= 0.3 is 0 Å². The van der Waals surface area contributed by atoms with E-state index in [-0.39, 0.29) is 5.91 Å². The van der Waals surface area contributed by atoms with Crippen molar-refractivity contribution >= 4 is 23.0 Å². The Kier molecular flexibility index (Phi) is 8.68. The summed E-state index contributed by atoms with van der Waals surface area (Å²) < 4.78 is 2.16. The molecule has 6 nitrogen and oxygen atoms in total. The van der Waals surface area contributed by atoms with Crippen molar-refractivity contribution in [1.82, 2.24) is 20.1 Å². The van der Waals surface area contributed by atoms with E-state index < -0.39 is 0 Å². The van der Waals surface area contributed by atoms with Crippen molar-refractivity contribution in [2.75, 3.05) is 6.54 Å². The van der Waals surface area contributed by atoms with Crippen LogP contribution in [0.2, 0.25) is 0 Å². The monoisotopic (exact) mass is 439 g/mol. The highest BCUT2D eigenvalue weighted by Gasteiger charge is 2.26. The number of aryl methyl sites for hydroxylation is 3. The molecule has 0 spiro atoms. The number of aromatic nitrogens is 3. The number of carbonyl (C=O) groups is 1. The summed E-state index contributed by atoms with van der Waals surface area (Å²) in [6.07, 6.45) is 0. The Labute approximate surface area is 189 Å². The molecule has 166 valence electrons. The first-order valence-electron chi connectivity index (χ1n) is 10.7. The van der Waals surface area contributed by atoms with Crippen LogP contribution in [0, 0.1) is 27.7 Å². The minimum atomic E-state index is 0.0394. The molecular formula is C24H33N5OS. The number of aliphatic imine (C=N–C) groups is 1. The molecule has 0 unspecified atom stereocenters. The maximum absolute atomic E-state index is 9.93. The molecule has 31 heavy (non-hydrogen) atoms. The van der Waals surface area contributed by atoms with Crippen molar-refractivity contribution in [3.8, 4) is 5.00 Å². The van der Waals surface area contributed by atoms with E-state index in [0.29, 0.717) is 6.54 Å². The van der Waals surface area contributed by atoms with Gasteiger partial charge in [0.05, 0.1) is 5.71 Å². The molecule has 0 radical (unpaired) electrons. The molecule has 1 aliphatic rings. The lowest BCUT2D eigenvalue weighted by atomic mass is 9.99. The fraction of sp³-hybridized carbons (Fsp3) is 0.417. The van der Waals surface area contributed by atoms with Crippen molar-refractivity contribution in [3.63, 3.8) is 0 Å². The topological polar surface area (TPSA) is 72.2 Å². The molecule has 0 aliphatic carbocycles. The highest BCUT2D eigenvalue weighted by Crippen LogP contribution is 2.36. The van der Waals surface area contributed by atoms with E-state index in [2.05, 4.69) is 65.1 Å². The van der Waals surface area contributed by atoms with E-state index >= 15 is 0 Å². The Bertz CT molecular complexity index is 1060. The predicted octanol–water partition coefficient (Wildman–Crippen LogP) is 5.08. The number of carbonyl (C=O) groups excluding carboxylic acids is 1. The Morgan fingerprint density at radius 3 is 2.29 bits per heavy atom. The van der Waals surface area contributed by atoms with Crippen LogP contribution in [0.3, 0.4) is 0 Å². The molecule has 0 bridgehead atoms. The van der Waals surface area contributed by atoms with E-state index in [1.807, 2.05) is 27.7 Å². The first-order valence-corrected chi connectivity index (χ1v) is 11.5. The van der Waals surface area contributed by atoms with Crippen molar-refractivity contribution in [2.45, 2.75) is 61.9 Å². The molecule has 4 rings (SSSR count). The molecule has 0 saturated heterocycles. The first-order chi connectivity index (χ1) is 14.8. The van der Waals surface area contributed by atoms with Gasteiger partial charge in [-0.3, -0.25) is 14.4 Å². The van der Waals surface area contributed by atoms with Crippen molar-refractivity contribution in [2.24, 2.45) is 4.99 Å². The van der Waals surface area contributed by atoms with Crippen LogP contribution in [0.25, 0.3) is 5.00 Å². The molecule has 2 aromatic heterocycles. The van der Waals surface area contributed by atoms with Crippen molar-refractivity contribution < 1.29 is 4.79 Å². The molecule has 0 saturated carbocycles. The Morgan fingerprint density at radius 1 is 1.10 bits per heavy atom. The highest BCUT2D eigenvalue weighted by atomic mass is 32.1. The molecular weight excluding hydrogens is 406 g/mol. The van der Waals surface area contributed by atoms with Gasteiger partial charge in [0.2, 0.25) is 5.91 Å². The maximum Gasteiger partial charge on any atom is 0.216 e. The van der Waals surface area contributed by atoms with Crippen LogP contribution in [-0.4, -0.2) is 32.9 Å². The summed E-state index contributed by atoms with van der Waals surface area (Å²) in [5.74, 6) is 1.87. The Hall–Kier alpha value is -2.80. The number of rotatable bonds is 2. The molecule has 1 aromatic carbocycles. The number of fused-ring (bicyclic) bond motifs is 3. The number of nitrogens with zero attached hydrogens (tertiary/aromatic N) is 4. The lowest BCUT2D eigenvalue weighted by molar-refractivity contribution is -0.118. The van der Waals surface area contributed by atoms with Gasteiger partial charge < -0.3 is 5.32 Å². The molecule has 3 aromatic rings. The van der Waals surface area contributed by atoms with Gasteiger partial charge in [0.1, 0.15) is 17.4 Å². The molecule has 0 atom stereocenters. The van der Waals surface area contributed by atoms with E-state index in [9.17, 15) is 4.79 Å². The summed E-state index contributed by atoms with van der Waals surface area (Å²) in [5.41, 5.74) is 6.00. The van der Waals surface area contributed by atoms with Gasteiger partial charge in [0.15, 0.2) is 5.82 Å². The highest BCUT2D eigenvalue weighted by molar-refractivity contribution is 7.15. The number of thiophene rings is 1. The fourth-order valence-electron chi connectivity index (χ4n) is 3.24. The van der Waals surface area contributed by atoms with Gasteiger partial charge in [-0.15, -0.1) is 21.5 Å². The minimum Gasteiger partial charge on any atom is -0.357 e. The maximum atomic E-state index is 9.93. The van der Waals surface area contributed by atoms with Crippen LogP contribution < -0.4 is 5.32 Å². The summed E-state index contributed by atoms with van der Waals surface area (Å²) in [4.78, 5) is 16.1. The number of amides is 1. The van der Waals surface area contributed by atoms with Crippen LogP contribution in [0.4, 0.5) is 0 Å². The van der Waals surface area contributed by atoms with Crippen LogP contribution in [-0.2, 0) is 11.3 Å². The van der Waals surface area contributed by atoms with E-state index in [1.165, 1.54) is 33.5 Å². The third kappa shape index (κ3) is 5.47. The van der Waals surface area contributed by atoms with Crippen molar-refractivity contribution in [3.05, 3.63) is 63.0 Å². The Morgan fingerprint density at radius 2 is 1.74 bits per heavy atom. The van der Waals surface area contributed by atoms with Gasteiger partial charge in [-0.2, -0.15) is 0 Å². The van der Waals surface area contributed by atoms with Gasteiger partial charge in [-0.1, -0.05) is 43.7 Å². The lowest BCUT2D eigenvalue weighted by Crippen LogP contribution is -2.18. The fourth-order valence-corrected chi connectivity index (χ4v) is 4.47. The van der Waals surface area contributed by atoms with E-state index in [4.69, 9.17) is 4.99 Å². The number of hydrogen-bond acceptors (Lipinski definition) is 5. The average Bonchev–Trinajstić information content (AvgIpc) is 3.19. The molecule has 1 aliphatic heterocycles. The average molecular weight is 440 g/mol. The zero-order chi connectivity index (χ0) is 23.1. The minimum absolute atomic E-state index is 0.0394. The number of nitrogens with one attached hydrogen (secondary N) is 1. The summed E-state index contributed by atoms with van der Waals surface area (Å²) in [6, 6.07) is 8.60. The van der Waals surface area contributed by atoms with Gasteiger partial charge in [0.25, 0.3) is 0 Å². The molecule has 7 heteroatoms. The zero-order valence-electron chi connectivity index (χ0n) is 19.8. The normalized spacial score (nSPS) is 11.5. The van der Waals surface area contributed by atoms with E-state index in [0.717, 1.165) is 29.5 Å². The quantitative estimate of drug-likeness (QED) is 0.605. The second kappa shape index (κ2) is 11.0. The molecule has 1 N–H and O–H groups in total. The summed E-state index contributed by atoms with van der Waals surface area (Å²) in [5, 5.41) is 12.3. The third-order valence-electron chi connectivity index (χ3n) is 4.83. The predicted molar refractivity (Wildman–Crippen MR) is 130 cm³/mol. The van der Waals surface area contributed by atoms with Crippen LogP contribution in [0.5, 0.6) is 0 Å². The second-order valence-corrected chi connectivity index (χ2v) is 8.28. The van der Waals surface area contributed by atoms with Gasteiger partial charge in [-0.05, 0) is 40.2 Å². The molecule has 3 heterocycles. The second-order valence-electron chi connectivity index (χ2n) is 7.08. The SMILES string of the molecule is CC.CCNC(C)=O.Cc1ccc(C2=NCc3nnc(C)n3-c3sc(C)c(C)c32)cc1. The van der Waals surface area contributed by atoms with Gasteiger partial charge in [-0.25, -0.2) is 0 Å². The lowest BCUT2D eigenvalue weighted by Gasteiger charge is -2.09. The number of hydrogen-bond donors (Lipinski definition) is 1. The molecule has 0 fully saturated rings. The zero-order valence-corrected chi connectivity index (χ0v) is 20.6. The van der Waals surface area contributed by atoms with Gasteiger partial charge in [0, 0.05) is 29.5 Å². The van der Waals surface area contributed by atoms with Crippen LogP contribution in [0.15, 0.2) is 29.3 Å². The summed E-state index contributed by atoms with van der Waals surface area (Å²) in [6.45, 7) is 17.1. The standard InChI is InChI=1S/C18H18N4S.C4H9NO.C2H6/c1-10-5-7-14(8-6-10)17-16-11(2)12(3)23-18(16)22-13(4)20-21-15(22)9-19-17;1-3-5-4(2)6;1-2/h5-8H,9H2,1-4H3;3H2,1-2H3,(H,5,6);1-2H3. The van der Waals surface area contributed by atoms with E-state index in [1.54, 1.807) is 11.3 Å². The number of benzene rings is 1. The third-order valence-corrected chi connectivity index (χ3v) is 6.02. The largest absolute Gasteiger partial charge is 0.357 e. The summed E-state index contributed by atoms with van der Waals surface area (Å²) in [7, 11) is 0. The summed E-state index contributed by atoms with van der Waals surface area (Å²) >= 11 is 1.80. The van der Waals surface area contributed by atoms with Crippen molar-refractivity contribution in [1.29, 1.82) is 0 Å². The Balaban J connectivity index is 0.000000372. The smallest absolute Gasteiger partial charge is 0.216 e. The first kappa shape index (κ1) is 24.5.